The van der Waals surface area contributed by atoms with Crippen molar-refractivity contribution in [1.29, 1.82) is 0 Å². The van der Waals surface area contributed by atoms with Crippen LogP contribution in [0.3, 0.4) is 0 Å². The normalized spacial score (nSPS) is 23.9. The molecule has 41 heavy (non-hydrogen) atoms. The van der Waals surface area contributed by atoms with Crippen molar-refractivity contribution in [2.75, 3.05) is 32.8 Å². The lowest BCUT2D eigenvalue weighted by Gasteiger charge is -2.52. The Kier molecular flexibility index (Phi) is 8.61. The predicted molar refractivity (Wildman–Crippen MR) is 163 cm³/mol. The van der Waals surface area contributed by atoms with Crippen molar-refractivity contribution < 1.29 is 19.7 Å². The first-order valence-electron chi connectivity index (χ1n) is 14.5. The SMILES string of the molecule is CCOCC1(C)CN(CCC=C2c3cc(C(C)(C)O)ccc3OCc3ncccc32)CCC1(O)c1ccc(Cl)cc1. The molecule has 2 unspecified atom stereocenters. The summed E-state index contributed by atoms with van der Waals surface area (Å²) in [5.74, 6) is 0.789. The third-order valence-electron chi connectivity index (χ3n) is 8.62. The van der Waals surface area contributed by atoms with Gasteiger partial charge >= 0.3 is 0 Å². The number of pyridine rings is 1. The third kappa shape index (κ3) is 6.08. The van der Waals surface area contributed by atoms with Gasteiger partial charge in [0.25, 0.3) is 0 Å². The van der Waals surface area contributed by atoms with Crippen molar-refractivity contribution in [2.45, 2.75) is 58.3 Å². The molecular weight excluding hydrogens is 536 g/mol. The molecule has 1 saturated heterocycles. The van der Waals surface area contributed by atoms with E-state index in [9.17, 15) is 10.2 Å². The van der Waals surface area contributed by atoms with Crippen LogP contribution in [0, 0.1) is 5.41 Å². The highest BCUT2D eigenvalue weighted by Crippen LogP contribution is 2.47. The van der Waals surface area contributed by atoms with Gasteiger partial charge in [-0.05, 0) is 80.6 Å². The molecular formula is C34H41ClN2O4. The van der Waals surface area contributed by atoms with E-state index in [1.165, 1.54) is 0 Å². The van der Waals surface area contributed by atoms with Gasteiger partial charge in [0.05, 0.1) is 23.5 Å². The molecule has 1 fully saturated rings. The number of benzene rings is 2. The number of rotatable bonds is 8. The Morgan fingerprint density at radius 3 is 2.66 bits per heavy atom. The van der Waals surface area contributed by atoms with Crippen LogP contribution in [-0.2, 0) is 22.5 Å². The highest BCUT2D eigenvalue weighted by atomic mass is 35.5. The molecule has 3 heterocycles. The molecule has 5 rings (SSSR count). The van der Waals surface area contributed by atoms with Crippen LogP contribution in [0.5, 0.6) is 5.75 Å². The quantitative estimate of drug-likeness (QED) is 0.327. The molecule has 2 aromatic carbocycles. The van der Waals surface area contributed by atoms with E-state index in [-0.39, 0.29) is 0 Å². The van der Waals surface area contributed by atoms with E-state index in [0.29, 0.717) is 37.8 Å². The average Bonchev–Trinajstić information content (AvgIpc) is 3.10. The molecule has 0 bridgehead atoms. The molecule has 2 aliphatic rings. The molecule has 218 valence electrons. The standard InChI is InChI=1S/C34H41ClN2O4/c1-5-40-23-33(4)22-37(19-16-34(33,39)24-10-13-26(35)14-11-24)18-7-9-27-28-8-6-17-36-30(28)21-41-31-15-12-25(20-29(27)31)32(2,3)38/h6,8-15,17,20,38-39H,5,7,16,18-19,21-23H2,1-4H3. The zero-order valence-electron chi connectivity index (χ0n) is 24.5. The lowest BCUT2D eigenvalue weighted by atomic mass is 9.65. The maximum absolute atomic E-state index is 12.1. The molecule has 1 aromatic heterocycles. The van der Waals surface area contributed by atoms with Crippen molar-refractivity contribution in [1.82, 2.24) is 9.88 Å². The first-order chi connectivity index (χ1) is 19.5. The van der Waals surface area contributed by atoms with Gasteiger partial charge in [0, 0.05) is 54.0 Å². The van der Waals surface area contributed by atoms with Gasteiger partial charge in [0.1, 0.15) is 12.4 Å². The van der Waals surface area contributed by atoms with Crippen molar-refractivity contribution in [3.63, 3.8) is 0 Å². The maximum Gasteiger partial charge on any atom is 0.131 e. The Bertz CT molecular complexity index is 1400. The van der Waals surface area contributed by atoms with E-state index in [1.54, 1.807) is 20.0 Å². The summed E-state index contributed by atoms with van der Waals surface area (Å²) in [7, 11) is 0. The molecule has 6 nitrogen and oxygen atoms in total. The van der Waals surface area contributed by atoms with E-state index in [2.05, 4.69) is 29.0 Å². The average molecular weight is 577 g/mol. The van der Waals surface area contributed by atoms with Gasteiger partial charge in [-0.25, -0.2) is 0 Å². The predicted octanol–water partition coefficient (Wildman–Crippen LogP) is 6.31. The summed E-state index contributed by atoms with van der Waals surface area (Å²) < 4.78 is 12.1. The summed E-state index contributed by atoms with van der Waals surface area (Å²) in [6.45, 7) is 11.5. The van der Waals surface area contributed by atoms with Crippen molar-refractivity contribution in [3.05, 3.63) is 99.8 Å². The number of hydrogen-bond donors (Lipinski definition) is 2. The van der Waals surface area contributed by atoms with Crippen molar-refractivity contribution in [2.24, 2.45) is 5.41 Å². The van der Waals surface area contributed by atoms with Crippen molar-refractivity contribution in [3.8, 4) is 5.75 Å². The number of fused-ring (bicyclic) bond motifs is 2. The van der Waals surface area contributed by atoms with E-state index in [4.69, 9.17) is 21.1 Å². The van der Waals surface area contributed by atoms with Crippen LogP contribution in [0.2, 0.25) is 5.02 Å². The van der Waals surface area contributed by atoms with Crippen LogP contribution in [-0.4, -0.2) is 52.9 Å². The number of aromatic nitrogens is 1. The summed E-state index contributed by atoms with van der Waals surface area (Å²) in [6.07, 6.45) is 5.47. The van der Waals surface area contributed by atoms with Gasteiger partial charge in [0.2, 0.25) is 0 Å². The third-order valence-corrected chi connectivity index (χ3v) is 8.87. The van der Waals surface area contributed by atoms with Gasteiger partial charge in [-0.2, -0.15) is 0 Å². The molecule has 2 aliphatic heterocycles. The highest BCUT2D eigenvalue weighted by molar-refractivity contribution is 6.30. The second-order valence-corrected chi connectivity index (χ2v) is 12.5. The summed E-state index contributed by atoms with van der Waals surface area (Å²) in [5.41, 5.74) is 3.22. The fourth-order valence-electron chi connectivity index (χ4n) is 6.17. The molecule has 2 atom stereocenters. The first kappa shape index (κ1) is 29.7. The number of likely N-dealkylation sites (tertiary alicyclic amines) is 1. The second kappa shape index (κ2) is 11.9. The van der Waals surface area contributed by atoms with Crippen LogP contribution < -0.4 is 4.74 Å². The Morgan fingerprint density at radius 1 is 1.15 bits per heavy atom. The summed E-state index contributed by atoms with van der Waals surface area (Å²) in [4.78, 5) is 7.03. The minimum Gasteiger partial charge on any atom is -0.487 e. The fourth-order valence-corrected chi connectivity index (χ4v) is 6.30. The largest absolute Gasteiger partial charge is 0.487 e. The fraction of sp³-hybridized carbons (Fsp3) is 0.441. The molecule has 3 aromatic rings. The van der Waals surface area contributed by atoms with Crippen LogP contribution >= 0.6 is 11.6 Å². The molecule has 2 N–H and O–H groups in total. The van der Waals surface area contributed by atoms with Crippen LogP contribution in [0.1, 0.15) is 68.5 Å². The number of ether oxygens (including phenoxy) is 2. The van der Waals surface area contributed by atoms with Gasteiger partial charge in [-0.3, -0.25) is 4.98 Å². The van der Waals surface area contributed by atoms with E-state index in [0.717, 1.165) is 58.8 Å². The minimum atomic E-state index is -1.02. The minimum absolute atomic E-state index is 0.396. The topological polar surface area (TPSA) is 75.1 Å². The summed E-state index contributed by atoms with van der Waals surface area (Å²) in [5, 5.41) is 23.4. The van der Waals surface area contributed by atoms with Gasteiger partial charge in [0.15, 0.2) is 0 Å². The van der Waals surface area contributed by atoms with E-state index >= 15 is 0 Å². The molecule has 0 saturated carbocycles. The van der Waals surface area contributed by atoms with Crippen LogP contribution in [0.4, 0.5) is 0 Å². The molecule has 0 radical (unpaired) electrons. The lowest BCUT2D eigenvalue weighted by molar-refractivity contribution is -0.160. The zero-order chi connectivity index (χ0) is 29.3. The molecule has 7 heteroatoms. The Morgan fingerprint density at radius 2 is 1.93 bits per heavy atom. The van der Waals surface area contributed by atoms with Crippen LogP contribution in [0.15, 0.2) is 66.9 Å². The Hall–Kier alpha value is -2.74. The van der Waals surface area contributed by atoms with Crippen LogP contribution in [0.25, 0.3) is 5.57 Å². The van der Waals surface area contributed by atoms with E-state index in [1.807, 2.05) is 55.5 Å². The maximum atomic E-state index is 12.1. The number of halogens is 1. The number of hydrogen-bond acceptors (Lipinski definition) is 6. The zero-order valence-corrected chi connectivity index (χ0v) is 25.2. The Balaban J connectivity index is 1.41. The van der Waals surface area contributed by atoms with E-state index < -0.39 is 16.6 Å². The number of nitrogens with zero attached hydrogens (tertiary/aromatic N) is 2. The number of piperidine rings is 1. The second-order valence-electron chi connectivity index (χ2n) is 12.1. The van der Waals surface area contributed by atoms with Gasteiger partial charge in [-0.15, -0.1) is 0 Å². The van der Waals surface area contributed by atoms with Crippen molar-refractivity contribution >= 4 is 17.2 Å². The monoisotopic (exact) mass is 576 g/mol. The molecule has 0 amide bonds. The molecule has 0 aliphatic carbocycles. The van der Waals surface area contributed by atoms with Gasteiger partial charge < -0.3 is 24.6 Å². The lowest BCUT2D eigenvalue weighted by Crippen LogP contribution is -2.58. The molecule has 0 spiro atoms. The first-order valence-corrected chi connectivity index (χ1v) is 14.8. The summed E-state index contributed by atoms with van der Waals surface area (Å²) >= 11 is 6.16. The Labute approximate surface area is 248 Å². The van der Waals surface area contributed by atoms with Gasteiger partial charge in [-0.1, -0.05) is 48.9 Å². The summed E-state index contributed by atoms with van der Waals surface area (Å²) in [6, 6.07) is 17.5. The highest BCUT2D eigenvalue weighted by Gasteiger charge is 2.51. The smallest absolute Gasteiger partial charge is 0.131 e. The number of aliphatic hydroxyl groups is 2.